The summed E-state index contributed by atoms with van der Waals surface area (Å²) in [5, 5.41) is 14.1. The highest BCUT2D eigenvalue weighted by Crippen LogP contribution is 2.17. The summed E-state index contributed by atoms with van der Waals surface area (Å²) in [4.78, 5) is 10.6. The second-order valence-electron chi connectivity index (χ2n) is 4.76. The van der Waals surface area contributed by atoms with Crippen molar-refractivity contribution in [3.05, 3.63) is 47.5 Å². The van der Waals surface area contributed by atoms with Crippen LogP contribution in [0.25, 0.3) is 10.8 Å². The number of hydrogen-bond acceptors (Lipinski definition) is 3. The first kappa shape index (κ1) is 13.5. The van der Waals surface area contributed by atoms with E-state index in [0.29, 0.717) is 6.54 Å². The van der Waals surface area contributed by atoms with E-state index in [4.69, 9.17) is 10.8 Å². The zero-order chi connectivity index (χ0) is 13.8. The Balaban J connectivity index is 2.02. The second-order valence-corrected chi connectivity index (χ2v) is 4.76. The van der Waals surface area contributed by atoms with E-state index in [9.17, 15) is 4.79 Å². The molecule has 0 radical (unpaired) electrons. The first-order chi connectivity index (χ1) is 9.06. The normalized spacial score (nSPS) is 12.5. The Morgan fingerprint density at radius 3 is 2.68 bits per heavy atom. The summed E-state index contributed by atoms with van der Waals surface area (Å²) in [5.41, 5.74) is 7.79. The Morgan fingerprint density at radius 2 is 1.95 bits per heavy atom. The Hall–Kier alpha value is -1.91. The maximum atomic E-state index is 10.6. The van der Waals surface area contributed by atoms with Gasteiger partial charge in [0.05, 0.1) is 0 Å². The Labute approximate surface area is 112 Å². The maximum absolute atomic E-state index is 10.6. The predicted octanol–water partition coefficient (Wildman–Crippen LogP) is 1.65. The van der Waals surface area contributed by atoms with Crippen LogP contribution in [0.4, 0.5) is 0 Å². The lowest BCUT2D eigenvalue weighted by Gasteiger charge is -2.09. The molecule has 0 aromatic heterocycles. The van der Waals surface area contributed by atoms with Crippen molar-refractivity contribution < 1.29 is 9.90 Å². The van der Waals surface area contributed by atoms with Crippen LogP contribution in [0.15, 0.2) is 36.4 Å². The van der Waals surface area contributed by atoms with Gasteiger partial charge in [0.15, 0.2) is 0 Å². The summed E-state index contributed by atoms with van der Waals surface area (Å²) < 4.78 is 0. The number of rotatable bonds is 5. The monoisotopic (exact) mass is 258 g/mol. The molecule has 0 fully saturated rings. The molecule has 4 N–H and O–H groups in total. The molecule has 1 unspecified atom stereocenters. The molecule has 0 heterocycles. The number of nitrogens with two attached hydrogens (primary N) is 1. The summed E-state index contributed by atoms with van der Waals surface area (Å²) in [5.74, 6) is -0.985. The van der Waals surface area contributed by atoms with Gasteiger partial charge in [-0.1, -0.05) is 35.9 Å². The molecule has 0 aliphatic carbocycles. The minimum absolute atomic E-state index is 0.265. The highest BCUT2D eigenvalue weighted by molar-refractivity contribution is 5.83. The molecule has 0 aliphatic rings. The number of nitrogens with one attached hydrogen (secondary N) is 1. The lowest BCUT2D eigenvalue weighted by Crippen LogP contribution is -2.40. The fourth-order valence-electron chi connectivity index (χ4n) is 1.98. The SMILES string of the molecule is Cc1ccc2cc(CNCC(N)C(=O)O)ccc2c1. The van der Waals surface area contributed by atoms with E-state index < -0.39 is 12.0 Å². The average molecular weight is 258 g/mol. The van der Waals surface area contributed by atoms with Crippen LogP contribution in [0.1, 0.15) is 11.1 Å². The average Bonchev–Trinajstić information content (AvgIpc) is 2.38. The van der Waals surface area contributed by atoms with Crippen LogP contribution in [0.2, 0.25) is 0 Å². The van der Waals surface area contributed by atoms with Gasteiger partial charge in [0.1, 0.15) is 6.04 Å². The standard InChI is InChI=1S/C15H18N2O2/c1-10-2-4-13-7-11(3-5-12(13)6-10)8-17-9-14(16)15(18)19/h2-7,14,17H,8-9,16H2,1H3,(H,18,19). The molecule has 2 rings (SSSR count). The third-order valence-corrected chi connectivity index (χ3v) is 3.07. The minimum Gasteiger partial charge on any atom is -0.480 e. The Kier molecular flexibility index (Phi) is 4.14. The number of benzene rings is 2. The smallest absolute Gasteiger partial charge is 0.321 e. The Morgan fingerprint density at radius 1 is 1.26 bits per heavy atom. The molecular weight excluding hydrogens is 240 g/mol. The predicted molar refractivity (Wildman–Crippen MR) is 76.0 cm³/mol. The second kappa shape index (κ2) is 5.82. The van der Waals surface area contributed by atoms with E-state index in [1.165, 1.54) is 16.3 Å². The highest BCUT2D eigenvalue weighted by Gasteiger charge is 2.09. The lowest BCUT2D eigenvalue weighted by atomic mass is 10.0. The molecular formula is C15H18N2O2. The van der Waals surface area contributed by atoms with E-state index in [-0.39, 0.29) is 6.54 Å². The van der Waals surface area contributed by atoms with E-state index in [1.54, 1.807) is 0 Å². The third kappa shape index (κ3) is 3.53. The maximum Gasteiger partial charge on any atom is 0.321 e. The molecule has 2 aromatic rings. The molecule has 0 bridgehead atoms. The molecule has 0 saturated carbocycles. The van der Waals surface area contributed by atoms with Gasteiger partial charge in [-0.2, -0.15) is 0 Å². The highest BCUT2D eigenvalue weighted by atomic mass is 16.4. The van der Waals surface area contributed by atoms with E-state index in [1.807, 2.05) is 6.07 Å². The largest absolute Gasteiger partial charge is 0.480 e. The number of aliphatic carboxylic acids is 1. The van der Waals surface area contributed by atoms with Crippen LogP contribution in [0, 0.1) is 6.92 Å². The van der Waals surface area contributed by atoms with Gasteiger partial charge in [0.2, 0.25) is 0 Å². The quantitative estimate of drug-likeness (QED) is 0.762. The van der Waals surface area contributed by atoms with Gasteiger partial charge in [0, 0.05) is 13.1 Å². The number of carboxylic acids is 1. The number of carboxylic acid groups (broad SMARTS) is 1. The van der Waals surface area contributed by atoms with Crippen molar-refractivity contribution in [2.75, 3.05) is 6.54 Å². The summed E-state index contributed by atoms with van der Waals surface area (Å²) in [6.45, 7) is 2.95. The van der Waals surface area contributed by atoms with Crippen LogP contribution < -0.4 is 11.1 Å². The molecule has 0 saturated heterocycles. The number of aryl methyl sites for hydroxylation is 1. The molecule has 0 spiro atoms. The number of carbonyl (C=O) groups is 1. The zero-order valence-electron chi connectivity index (χ0n) is 10.9. The van der Waals surface area contributed by atoms with Gasteiger partial charge in [-0.15, -0.1) is 0 Å². The molecule has 4 nitrogen and oxygen atoms in total. The van der Waals surface area contributed by atoms with Gasteiger partial charge in [-0.05, 0) is 29.3 Å². The van der Waals surface area contributed by atoms with Crippen LogP contribution in [0.3, 0.4) is 0 Å². The summed E-state index contributed by atoms with van der Waals surface area (Å²) in [7, 11) is 0. The molecule has 2 aromatic carbocycles. The number of fused-ring (bicyclic) bond motifs is 1. The lowest BCUT2D eigenvalue weighted by molar-refractivity contribution is -0.138. The third-order valence-electron chi connectivity index (χ3n) is 3.07. The fraction of sp³-hybridized carbons (Fsp3) is 0.267. The molecule has 19 heavy (non-hydrogen) atoms. The van der Waals surface area contributed by atoms with Gasteiger partial charge in [0.25, 0.3) is 0 Å². The molecule has 4 heteroatoms. The summed E-state index contributed by atoms with van der Waals surface area (Å²) in [6, 6.07) is 11.7. The van der Waals surface area contributed by atoms with Crippen LogP contribution in [0.5, 0.6) is 0 Å². The van der Waals surface area contributed by atoms with Crippen molar-refractivity contribution in [2.45, 2.75) is 19.5 Å². The molecule has 0 amide bonds. The topological polar surface area (TPSA) is 75.3 Å². The minimum atomic E-state index is -0.985. The molecule has 1 atom stereocenters. The van der Waals surface area contributed by atoms with Crippen molar-refractivity contribution in [3.63, 3.8) is 0 Å². The van der Waals surface area contributed by atoms with E-state index in [2.05, 4.69) is 42.6 Å². The first-order valence-electron chi connectivity index (χ1n) is 6.24. The summed E-state index contributed by atoms with van der Waals surface area (Å²) in [6.07, 6.45) is 0. The first-order valence-corrected chi connectivity index (χ1v) is 6.24. The Bertz CT molecular complexity index is 596. The zero-order valence-corrected chi connectivity index (χ0v) is 10.9. The van der Waals surface area contributed by atoms with E-state index >= 15 is 0 Å². The van der Waals surface area contributed by atoms with Gasteiger partial charge in [-0.25, -0.2) is 0 Å². The van der Waals surface area contributed by atoms with Crippen LogP contribution >= 0.6 is 0 Å². The van der Waals surface area contributed by atoms with Crippen LogP contribution in [-0.4, -0.2) is 23.7 Å². The van der Waals surface area contributed by atoms with Crippen molar-refractivity contribution in [1.82, 2.24) is 5.32 Å². The molecule has 0 aliphatic heterocycles. The van der Waals surface area contributed by atoms with Crippen molar-refractivity contribution in [2.24, 2.45) is 5.73 Å². The van der Waals surface area contributed by atoms with Crippen molar-refractivity contribution in [1.29, 1.82) is 0 Å². The van der Waals surface area contributed by atoms with Gasteiger partial charge < -0.3 is 16.2 Å². The molecule has 100 valence electrons. The van der Waals surface area contributed by atoms with Gasteiger partial charge in [-0.3, -0.25) is 4.79 Å². The number of hydrogen-bond donors (Lipinski definition) is 3. The van der Waals surface area contributed by atoms with Crippen molar-refractivity contribution in [3.8, 4) is 0 Å². The summed E-state index contributed by atoms with van der Waals surface area (Å²) >= 11 is 0. The van der Waals surface area contributed by atoms with Crippen molar-refractivity contribution >= 4 is 16.7 Å². The van der Waals surface area contributed by atoms with E-state index in [0.717, 1.165) is 5.56 Å². The van der Waals surface area contributed by atoms with Gasteiger partial charge >= 0.3 is 5.97 Å². The fourth-order valence-corrected chi connectivity index (χ4v) is 1.98. The van der Waals surface area contributed by atoms with Crippen LogP contribution in [-0.2, 0) is 11.3 Å².